The van der Waals surface area contributed by atoms with Crippen LogP contribution in [0.1, 0.15) is 26.7 Å². The fourth-order valence-corrected chi connectivity index (χ4v) is 4.62. The third-order valence-electron chi connectivity index (χ3n) is 4.77. The molecule has 3 unspecified atom stereocenters. The van der Waals surface area contributed by atoms with Gasteiger partial charge in [-0.2, -0.15) is 0 Å². The van der Waals surface area contributed by atoms with Crippen molar-refractivity contribution in [2.24, 2.45) is 5.92 Å². The van der Waals surface area contributed by atoms with E-state index in [9.17, 15) is 0 Å². The van der Waals surface area contributed by atoms with E-state index in [2.05, 4.69) is 52.6 Å². The second-order valence-electron chi connectivity index (χ2n) is 6.11. The summed E-state index contributed by atoms with van der Waals surface area (Å²) in [5.74, 6) is 0.691. The third kappa shape index (κ3) is 1.67. The summed E-state index contributed by atoms with van der Waals surface area (Å²) in [6.45, 7) is 5.58. The Hall–Kier alpha value is -0.960. The zero-order chi connectivity index (χ0) is 13.1. The van der Waals surface area contributed by atoms with Gasteiger partial charge < -0.3 is 10.6 Å². The second kappa shape index (κ2) is 4.02. The normalized spacial score (nSPS) is 36.1. The average molecular weight is 319 g/mol. The molecule has 100 valence electrons. The molecule has 1 saturated heterocycles. The van der Waals surface area contributed by atoms with E-state index in [1.807, 2.05) is 0 Å². The predicted octanol–water partition coefficient (Wildman–Crippen LogP) is 3.15. The SMILES string of the molecule is CC1=CC2=C(CC3CNC4=CC(Br)CC2=C43)C(C)N1. The van der Waals surface area contributed by atoms with Crippen LogP contribution in [0.4, 0.5) is 0 Å². The first-order chi connectivity index (χ1) is 9.13. The number of hydrogen-bond donors (Lipinski definition) is 2. The van der Waals surface area contributed by atoms with E-state index in [0.29, 0.717) is 16.8 Å². The summed E-state index contributed by atoms with van der Waals surface area (Å²) in [6.07, 6.45) is 7.05. The Labute approximate surface area is 122 Å². The summed E-state index contributed by atoms with van der Waals surface area (Å²) in [4.78, 5) is 0.471. The summed E-state index contributed by atoms with van der Waals surface area (Å²) in [6, 6.07) is 0.484. The van der Waals surface area contributed by atoms with Crippen molar-refractivity contribution in [3.63, 3.8) is 0 Å². The van der Waals surface area contributed by atoms with Gasteiger partial charge in [0.25, 0.3) is 0 Å². The molecule has 4 rings (SSSR count). The fourth-order valence-electron chi connectivity index (χ4n) is 4.03. The number of hydrogen-bond acceptors (Lipinski definition) is 2. The second-order valence-corrected chi connectivity index (χ2v) is 7.28. The van der Waals surface area contributed by atoms with Crippen molar-refractivity contribution in [3.8, 4) is 0 Å². The lowest BCUT2D eigenvalue weighted by molar-refractivity contribution is 0.559. The highest BCUT2D eigenvalue weighted by atomic mass is 79.9. The van der Waals surface area contributed by atoms with Crippen molar-refractivity contribution in [1.82, 2.24) is 10.6 Å². The summed E-state index contributed by atoms with van der Waals surface area (Å²) in [5.41, 5.74) is 9.01. The van der Waals surface area contributed by atoms with Gasteiger partial charge in [0.15, 0.2) is 0 Å². The van der Waals surface area contributed by atoms with E-state index >= 15 is 0 Å². The lowest BCUT2D eigenvalue weighted by atomic mass is 9.73. The smallest absolute Gasteiger partial charge is 0.0451 e. The first-order valence-electron chi connectivity index (χ1n) is 7.15. The van der Waals surface area contributed by atoms with Gasteiger partial charge in [-0.3, -0.25) is 0 Å². The van der Waals surface area contributed by atoms with Crippen LogP contribution in [0.15, 0.2) is 45.8 Å². The molecule has 4 aliphatic rings. The number of dihydropyridines is 1. The highest BCUT2D eigenvalue weighted by Gasteiger charge is 2.39. The number of rotatable bonds is 0. The molecule has 0 saturated carbocycles. The van der Waals surface area contributed by atoms with Gasteiger partial charge in [-0.15, -0.1) is 0 Å². The number of fused-ring (bicyclic) bond motifs is 1. The van der Waals surface area contributed by atoms with Gasteiger partial charge in [-0.1, -0.05) is 15.9 Å². The van der Waals surface area contributed by atoms with Crippen LogP contribution in [0.2, 0.25) is 0 Å². The molecule has 0 aromatic rings. The maximum Gasteiger partial charge on any atom is 0.0451 e. The van der Waals surface area contributed by atoms with E-state index in [1.165, 1.54) is 23.4 Å². The molecule has 19 heavy (non-hydrogen) atoms. The minimum atomic E-state index is 0.471. The molecule has 1 fully saturated rings. The quantitative estimate of drug-likeness (QED) is 0.670. The minimum Gasteiger partial charge on any atom is -0.384 e. The Bertz CT molecular complexity index is 580. The van der Waals surface area contributed by atoms with Gasteiger partial charge in [0, 0.05) is 34.7 Å². The van der Waals surface area contributed by atoms with Crippen LogP contribution in [0.3, 0.4) is 0 Å². The van der Waals surface area contributed by atoms with Crippen LogP contribution in [0, 0.1) is 5.92 Å². The fraction of sp³-hybridized carbons (Fsp3) is 0.500. The van der Waals surface area contributed by atoms with Crippen LogP contribution < -0.4 is 10.6 Å². The maximum atomic E-state index is 3.79. The Morgan fingerprint density at radius 1 is 1.32 bits per heavy atom. The molecule has 0 aromatic carbocycles. The number of allylic oxidation sites excluding steroid dienone is 6. The van der Waals surface area contributed by atoms with E-state index in [1.54, 1.807) is 16.7 Å². The minimum absolute atomic E-state index is 0.471. The van der Waals surface area contributed by atoms with Gasteiger partial charge in [0.05, 0.1) is 0 Å². The van der Waals surface area contributed by atoms with Gasteiger partial charge in [0.2, 0.25) is 0 Å². The molecule has 3 heteroatoms. The Morgan fingerprint density at radius 3 is 3.00 bits per heavy atom. The summed E-state index contributed by atoms with van der Waals surface area (Å²) in [5, 5.41) is 7.18. The molecule has 0 bridgehead atoms. The van der Waals surface area contributed by atoms with Crippen molar-refractivity contribution in [2.45, 2.75) is 37.6 Å². The van der Waals surface area contributed by atoms with Crippen LogP contribution in [-0.4, -0.2) is 17.4 Å². The molecule has 0 radical (unpaired) electrons. The molecule has 0 aromatic heterocycles. The van der Waals surface area contributed by atoms with Crippen molar-refractivity contribution in [2.75, 3.05) is 6.54 Å². The van der Waals surface area contributed by atoms with Gasteiger partial charge in [0.1, 0.15) is 0 Å². The van der Waals surface area contributed by atoms with Crippen LogP contribution >= 0.6 is 15.9 Å². The van der Waals surface area contributed by atoms with Gasteiger partial charge >= 0.3 is 0 Å². The van der Waals surface area contributed by atoms with Gasteiger partial charge in [-0.25, -0.2) is 0 Å². The lowest BCUT2D eigenvalue weighted by Gasteiger charge is -2.36. The topological polar surface area (TPSA) is 24.1 Å². The summed E-state index contributed by atoms with van der Waals surface area (Å²) < 4.78 is 0. The molecule has 0 spiro atoms. The molecule has 2 heterocycles. The molecule has 2 aliphatic carbocycles. The molecule has 0 amide bonds. The van der Waals surface area contributed by atoms with E-state index in [-0.39, 0.29) is 0 Å². The number of alkyl halides is 1. The largest absolute Gasteiger partial charge is 0.384 e. The Balaban J connectivity index is 1.90. The first-order valence-corrected chi connectivity index (χ1v) is 8.06. The van der Waals surface area contributed by atoms with Crippen molar-refractivity contribution in [1.29, 1.82) is 0 Å². The van der Waals surface area contributed by atoms with Crippen molar-refractivity contribution >= 4 is 15.9 Å². The standard InChI is InChI=1S/C16H19BrN2/c1-8-3-13-12(9(2)19-8)4-10-7-18-15-6-11(17)5-14(13)16(10)15/h3,6,9-11,18-19H,4-5,7H2,1-2H3. The number of nitrogens with one attached hydrogen (secondary N) is 2. The molecule has 3 atom stereocenters. The molecular formula is C16H19BrN2. The van der Waals surface area contributed by atoms with Crippen molar-refractivity contribution in [3.05, 3.63) is 45.8 Å². The van der Waals surface area contributed by atoms with E-state index in [4.69, 9.17) is 0 Å². The Kier molecular flexibility index (Phi) is 2.50. The highest BCUT2D eigenvalue weighted by molar-refractivity contribution is 9.09. The predicted molar refractivity (Wildman–Crippen MR) is 81.9 cm³/mol. The number of halogens is 1. The molecular weight excluding hydrogens is 300 g/mol. The molecule has 2 N–H and O–H groups in total. The Morgan fingerprint density at radius 2 is 2.16 bits per heavy atom. The van der Waals surface area contributed by atoms with Crippen LogP contribution in [0.25, 0.3) is 0 Å². The molecule has 2 nitrogen and oxygen atoms in total. The van der Waals surface area contributed by atoms with Crippen LogP contribution in [-0.2, 0) is 0 Å². The zero-order valence-corrected chi connectivity index (χ0v) is 13.0. The lowest BCUT2D eigenvalue weighted by Crippen LogP contribution is -2.34. The highest BCUT2D eigenvalue weighted by Crippen LogP contribution is 2.47. The average Bonchev–Trinajstić information content (AvgIpc) is 2.74. The van der Waals surface area contributed by atoms with Gasteiger partial charge in [-0.05, 0) is 61.1 Å². The first kappa shape index (κ1) is 11.8. The summed E-state index contributed by atoms with van der Waals surface area (Å²) in [7, 11) is 0. The van der Waals surface area contributed by atoms with Crippen LogP contribution in [0.5, 0.6) is 0 Å². The third-order valence-corrected chi connectivity index (χ3v) is 5.36. The van der Waals surface area contributed by atoms with E-state index < -0.39 is 0 Å². The van der Waals surface area contributed by atoms with E-state index in [0.717, 1.165) is 13.0 Å². The zero-order valence-electron chi connectivity index (χ0n) is 11.4. The summed E-state index contributed by atoms with van der Waals surface area (Å²) >= 11 is 3.79. The molecule has 2 aliphatic heterocycles. The monoisotopic (exact) mass is 318 g/mol. The van der Waals surface area contributed by atoms with Crippen molar-refractivity contribution < 1.29 is 0 Å². The maximum absolute atomic E-state index is 3.79.